The van der Waals surface area contributed by atoms with Crippen LogP contribution in [0, 0.1) is 6.92 Å². The lowest BCUT2D eigenvalue weighted by Crippen LogP contribution is -2.01. The number of ether oxygens (including phenoxy) is 1. The van der Waals surface area contributed by atoms with Gasteiger partial charge in [-0.2, -0.15) is 0 Å². The Balaban J connectivity index is 1.80. The monoisotopic (exact) mass is 260 g/mol. The largest absolute Gasteiger partial charge is 0.507 e. The number of phenolic OH excluding ortho intramolecular Hbond substituents is 1. The maximum atomic E-state index is 9.61. The van der Waals surface area contributed by atoms with Crippen LogP contribution in [0.2, 0.25) is 0 Å². The van der Waals surface area contributed by atoms with Crippen molar-refractivity contribution in [2.45, 2.75) is 11.8 Å². The highest BCUT2D eigenvalue weighted by molar-refractivity contribution is 7.99. The summed E-state index contributed by atoms with van der Waals surface area (Å²) in [6.07, 6.45) is 0. The minimum Gasteiger partial charge on any atom is -0.507 e. The molecule has 0 aromatic heterocycles. The smallest absolute Gasteiger partial charge is 0.129 e. The maximum absolute atomic E-state index is 9.61. The van der Waals surface area contributed by atoms with Crippen LogP contribution in [0.5, 0.6) is 11.5 Å². The van der Waals surface area contributed by atoms with Gasteiger partial charge in [-0.1, -0.05) is 30.3 Å². The zero-order chi connectivity index (χ0) is 12.8. The van der Waals surface area contributed by atoms with E-state index in [9.17, 15) is 5.11 Å². The van der Waals surface area contributed by atoms with E-state index in [2.05, 4.69) is 0 Å². The standard InChI is InChI=1S/C15H16O2S/c1-12-6-2-4-8-14(12)17-10-11-18-15-9-5-3-7-13(15)16/h2-9,16H,10-11H2,1H3. The molecule has 0 amide bonds. The quantitative estimate of drug-likeness (QED) is 0.653. The predicted octanol–water partition coefficient (Wildman–Crippen LogP) is 3.87. The predicted molar refractivity (Wildman–Crippen MR) is 75.5 cm³/mol. The van der Waals surface area contributed by atoms with Crippen molar-refractivity contribution in [1.82, 2.24) is 0 Å². The Kier molecular flexibility index (Phi) is 4.53. The van der Waals surface area contributed by atoms with E-state index in [1.165, 1.54) is 0 Å². The minimum absolute atomic E-state index is 0.332. The molecule has 0 unspecified atom stereocenters. The Morgan fingerprint density at radius 1 is 1.06 bits per heavy atom. The van der Waals surface area contributed by atoms with E-state index in [0.29, 0.717) is 12.4 Å². The van der Waals surface area contributed by atoms with Crippen molar-refractivity contribution in [3.05, 3.63) is 54.1 Å². The van der Waals surface area contributed by atoms with Crippen LogP contribution in [0.25, 0.3) is 0 Å². The molecule has 0 bridgehead atoms. The summed E-state index contributed by atoms with van der Waals surface area (Å²) in [6, 6.07) is 15.3. The van der Waals surface area contributed by atoms with E-state index in [1.54, 1.807) is 17.8 Å². The first kappa shape index (κ1) is 12.8. The van der Waals surface area contributed by atoms with E-state index in [-0.39, 0.29) is 0 Å². The molecule has 1 N–H and O–H groups in total. The first-order valence-electron chi connectivity index (χ1n) is 5.86. The number of aromatic hydroxyl groups is 1. The van der Waals surface area contributed by atoms with Crippen LogP contribution < -0.4 is 4.74 Å². The molecule has 2 aromatic carbocycles. The maximum Gasteiger partial charge on any atom is 0.129 e. The SMILES string of the molecule is Cc1ccccc1OCCSc1ccccc1O. The van der Waals surface area contributed by atoms with Crippen LogP contribution in [0.4, 0.5) is 0 Å². The van der Waals surface area contributed by atoms with Gasteiger partial charge in [-0.3, -0.25) is 0 Å². The fourth-order valence-electron chi connectivity index (χ4n) is 1.60. The van der Waals surface area contributed by atoms with Gasteiger partial charge in [-0.15, -0.1) is 11.8 Å². The molecule has 2 nitrogen and oxygen atoms in total. The van der Waals surface area contributed by atoms with Crippen molar-refractivity contribution < 1.29 is 9.84 Å². The summed E-state index contributed by atoms with van der Waals surface area (Å²) in [7, 11) is 0. The minimum atomic E-state index is 0.332. The van der Waals surface area contributed by atoms with Crippen molar-refractivity contribution in [3.63, 3.8) is 0 Å². The summed E-state index contributed by atoms with van der Waals surface area (Å²) >= 11 is 1.60. The second-order valence-corrected chi connectivity index (χ2v) is 5.07. The molecule has 0 aliphatic carbocycles. The second kappa shape index (κ2) is 6.36. The number of para-hydroxylation sites is 2. The summed E-state index contributed by atoms with van der Waals surface area (Å²) in [4.78, 5) is 0.894. The topological polar surface area (TPSA) is 29.5 Å². The van der Waals surface area contributed by atoms with Gasteiger partial charge in [0.05, 0.1) is 6.61 Å². The first-order chi connectivity index (χ1) is 8.77. The molecule has 2 rings (SSSR count). The van der Waals surface area contributed by atoms with E-state index < -0.39 is 0 Å². The third kappa shape index (κ3) is 3.44. The zero-order valence-corrected chi connectivity index (χ0v) is 11.1. The second-order valence-electron chi connectivity index (χ2n) is 3.93. The van der Waals surface area contributed by atoms with Crippen molar-refractivity contribution in [1.29, 1.82) is 0 Å². The number of benzene rings is 2. The molecule has 0 aliphatic heterocycles. The summed E-state index contributed by atoms with van der Waals surface area (Å²) in [5.41, 5.74) is 1.14. The van der Waals surface area contributed by atoms with Gasteiger partial charge in [0.2, 0.25) is 0 Å². The molecule has 0 saturated heterocycles. The molecule has 0 spiro atoms. The molecule has 0 aliphatic rings. The van der Waals surface area contributed by atoms with Gasteiger partial charge in [0.25, 0.3) is 0 Å². The Hall–Kier alpha value is -1.61. The van der Waals surface area contributed by atoms with Crippen LogP contribution in [-0.2, 0) is 0 Å². The first-order valence-corrected chi connectivity index (χ1v) is 6.85. The van der Waals surface area contributed by atoms with E-state index in [4.69, 9.17) is 4.74 Å². The number of phenols is 1. The highest BCUT2D eigenvalue weighted by atomic mass is 32.2. The summed E-state index contributed by atoms with van der Waals surface area (Å²) in [5, 5.41) is 9.61. The molecule has 0 atom stereocenters. The number of aryl methyl sites for hydroxylation is 1. The van der Waals surface area contributed by atoms with Crippen LogP contribution >= 0.6 is 11.8 Å². The van der Waals surface area contributed by atoms with Gasteiger partial charge < -0.3 is 9.84 Å². The van der Waals surface area contributed by atoms with E-state index in [0.717, 1.165) is 22.0 Å². The van der Waals surface area contributed by atoms with Crippen LogP contribution in [0.3, 0.4) is 0 Å². The number of rotatable bonds is 5. The number of hydrogen-bond acceptors (Lipinski definition) is 3. The number of hydrogen-bond donors (Lipinski definition) is 1. The fourth-order valence-corrected chi connectivity index (χ4v) is 2.38. The molecular formula is C15H16O2S. The van der Waals surface area contributed by atoms with Gasteiger partial charge >= 0.3 is 0 Å². The summed E-state index contributed by atoms with van der Waals surface area (Å²) < 4.78 is 5.70. The van der Waals surface area contributed by atoms with Crippen LogP contribution in [0.15, 0.2) is 53.4 Å². The third-order valence-electron chi connectivity index (χ3n) is 2.56. The Morgan fingerprint density at radius 3 is 2.56 bits per heavy atom. The van der Waals surface area contributed by atoms with E-state index >= 15 is 0 Å². The van der Waals surface area contributed by atoms with Gasteiger partial charge in [0.1, 0.15) is 11.5 Å². The average Bonchev–Trinajstić information content (AvgIpc) is 2.38. The lowest BCUT2D eigenvalue weighted by Gasteiger charge is -2.08. The molecule has 0 heterocycles. The lowest BCUT2D eigenvalue weighted by atomic mass is 10.2. The van der Waals surface area contributed by atoms with Crippen LogP contribution in [-0.4, -0.2) is 17.5 Å². The Morgan fingerprint density at radius 2 is 1.78 bits per heavy atom. The molecule has 0 fully saturated rings. The van der Waals surface area contributed by atoms with Crippen molar-refractivity contribution in [2.24, 2.45) is 0 Å². The molecule has 94 valence electrons. The normalized spacial score (nSPS) is 10.3. The summed E-state index contributed by atoms with van der Waals surface area (Å²) in [5.74, 6) is 2.07. The molecule has 2 aromatic rings. The molecule has 0 radical (unpaired) electrons. The summed E-state index contributed by atoms with van der Waals surface area (Å²) in [6.45, 7) is 2.66. The highest BCUT2D eigenvalue weighted by Crippen LogP contribution is 2.27. The van der Waals surface area contributed by atoms with Gasteiger partial charge in [-0.25, -0.2) is 0 Å². The van der Waals surface area contributed by atoms with Crippen molar-refractivity contribution >= 4 is 11.8 Å². The highest BCUT2D eigenvalue weighted by Gasteiger charge is 2.01. The Labute approximate surface area is 112 Å². The lowest BCUT2D eigenvalue weighted by molar-refractivity contribution is 0.341. The molecule has 18 heavy (non-hydrogen) atoms. The number of thioether (sulfide) groups is 1. The van der Waals surface area contributed by atoms with Gasteiger partial charge in [-0.05, 0) is 30.7 Å². The Bertz CT molecular complexity index is 464. The van der Waals surface area contributed by atoms with Crippen LogP contribution in [0.1, 0.15) is 5.56 Å². The van der Waals surface area contributed by atoms with Gasteiger partial charge in [0, 0.05) is 10.6 Å². The fraction of sp³-hybridized carbons (Fsp3) is 0.200. The third-order valence-corrected chi connectivity index (χ3v) is 3.58. The van der Waals surface area contributed by atoms with Gasteiger partial charge in [0.15, 0.2) is 0 Å². The van der Waals surface area contributed by atoms with Crippen molar-refractivity contribution in [3.8, 4) is 11.5 Å². The molecular weight excluding hydrogens is 244 g/mol. The zero-order valence-electron chi connectivity index (χ0n) is 10.3. The molecule has 0 saturated carbocycles. The average molecular weight is 260 g/mol. The van der Waals surface area contributed by atoms with Crippen molar-refractivity contribution in [2.75, 3.05) is 12.4 Å². The van der Waals surface area contributed by atoms with E-state index in [1.807, 2.05) is 49.4 Å². The molecule has 3 heteroatoms.